The van der Waals surface area contributed by atoms with Crippen LogP contribution in [0.25, 0.3) is 0 Å². The Morgan fingerprint density at radius 2 is 1.00 bits per heavy atom. The summed E-state index contributed by atoms with van der Waals surface area (Å²) in [5, 5.41) is 0. The molecule has 0 aliphatic heterocycles. The van der Waals surface area contributed by atoms with Gasteiger partial charge in [-0.25, -0.2) is 0 Å². The van der Waals surface area contributed by atoms with E-state index in [1.807, 2.05) is 0 Å². The maximum absolute atomic E-state index is 0. The molecule has 0 aliphatic carbocycles. The van der Waals surface area contributed by atoms with Gasteiger partial charge in [0.1, 0.15) is 0 Å². The van der Waals surface area contributed by atoms with Gasteiger partial charge in [-0.1, -0.05) is 0 Å². The molecule has 4 heteroatoms. The van der Waals surface area contributed by atoms with Crippen molar-refractivity contribution in [2.24, 2.45) is 0 Å². The maximum atomic E-state index is 0. The van der Waals surface area contributed by atoms with Crippen LogP contribution in [-0.4, -0.2) is 27.3 Å². The van der Waals surface area contributed by atoms with Crippen molar-refractivity contribution in [3.8, 4) is 0 Å². The molecule has 0 fully saturated rings. The average molecular weight is 618 g/mol. The average Bonchev–Trinajstić information content (AvgIpc) is 0. The minimum absolute atomic E-state index is 0. The molecule has 17 valence electrons. The third-order valence-corrected chi connectivity index (χ3v) is 0. The van der Waals surface area contributed by atoms with Crippen LogP contribution in [0, 0.1) is 35.6 Å². The van der Waals surface area contributed by atoms with E-state index < -0.39 is 0 Å². The Morgan fingerprint density at radius 3 is 1.00 bits per heavy atom. The number of rotatable bonds is 0. The molecule has 4 heavy (non-hydrogen) atoms. The summed E-state index contributed by atoms with van der Waals surface area (Å²) in [6.07, 6.45) is 0. The first kappa shape index (κ1) is 24.8. The second-order valence-electron chi connectivity index (χ2n) is 0. The van der Waals surface area contributed by atoms with Crippen molar-refractivity contribution < 1.29 is 87.6 Å². The Morgan fingerprint density at radius 1 is 1.00 bits per heavy atom. The van der Waals surface area contributed by atoms with Gasteiger partial charge in [0.05, 0.1) is 0 Å². The topological polar surface area (TPSA) is 0 Å². The van der Waals surface area contributed by atoms with Crippen LogP contribution in [0.15, 0.2) is 0 Å². The van der Waals surface area contributed by atoms with Crippen molar-refractivity contribution in [2.75, 3.05) is 0 Å². The molecule has 0 atom stereocenters. The van der Waals surface area contributed by atoms with Gasteiger partial charge in [-0.15, -0.1) is 0 Å². The van der Waals surface area contributed by atoms with E-state index >= 15 is 0 Å². The Bertz CT molecular complexity index is 8.00. The monoisotopic (exact) mass is 619 g/mol. The summed E-state index contributed by atoms with van der Waals surface area (Å²) in [5.74, 6) is 0. The van der Waals surface area contributed by atoms with Gasteiger partial charge in [-0.3, -0.25) is 0 Å². The van der Waals surface area contributed by atoms with Crippen LogP contribution in [0.1, 0.15) is 0 Å². The van der Waals surface area contributed by atoms with E-state index in [0.717, 1.165) is 0 Å². The van der Waals surface area contributed by atoms with Gasteiger partial charge in [0.25, 0.3) is 0 Å². The van der Waals surface area contributed by atoms with Crippen LogP contribution < -0.4 is 0 Å². The summed E-state index contributed by atoms with van der Waals surface area (Å²) in [6, 6.07) is 0. The molecule has 0 saturated carbocycles. The third-order valence-electron chi connectivity index (χ3n) is 0. The molecule has 0 amide bonds. The summed E-state index contributed by atoms with van der Waals surface area (Å²) in [5.41, 5.74) is 0. The largest absolute Gasteiger partial charge is 0 e. The summed E-state index contributed by atoms with van der Waals surface area (Å²) < 4.78 is 0. The SMILES string of the molecule is [Hf].[La].[PbH2].[Zr]. The molecule has 0 heterocycles. The van der Waals surface area contributed by atoms with Crippen molar-refractivity contribution >= 4 is 27.3 Å². The summed E-state index contributed by atoms with van der Waals surface area (Å²) >= 11 is 0. The smallest absolute Gasteiger partial charge is 0 e. The zero-order valence-electron chi connectivity index (χ0n) is 2.28. The van der Waals surface area contributed by atoms with Crippen LogP contribution in [0.4, 0.5) is 0 Å². The quantitative estimate of drug-likeness (QED) is 0.309. The zero-order chi connectivity index (χ0) is 0. The predicted octanol–water partition coefficient (Wildman–Crippen LogP) is -0.921. The second kappa shape index (κ2) is 15.8. The van der Waals surface area contributed by atoms with E-state index in [2.05, 4.69) is 0 Å². The second-order valence-corrected chi connectivity index (χ2v) is 0. The molecule has 0 aromatic heterocycles. The third kappa shape index (κ3) is 9.30. The van der Waals surface area contributed by atoms with Crippen LogP contribution in [0.3, 0.4) is 0 Å². The van der Waals surface area contributed by atoms with Gasteiger partial charge in [0, 0.05) is 87.6 Å². The Labute approximate surface area is 112 Å². The Hall–Kier alpha value is 3.87. The van der Waals surface area contributed by atoms with E-state index in [4.69, 9.17) is 0 Å². The van der Waals surface area contributed by atoms with Gasteiger partial charge in [0.15, 0.2) is 0 Å². The fourth-order valence-electron chi connectivity index (χ4n) is 0. The molecule has 0 rings (SSSR count). The number of hydrogen-bond donors (Lipinski definition) is 0. The molecule has 0 aromatic carbocycles. The van der Waals surface area contributed by atoms with Crippen LogP contribution >= 0.6 is 0 Å². The zero-order valence-corrected chi connectivity index (χ0v) is 17.5. The van der Waals surface area contributed by atoms with Crippen molar-refractivity contribution in [3.05, 3.63) is 0 Å². The Balaban J connectivity index is 0. The molecule has 0 saturated heterocycles. The van der Waals surface area contributed by atoms with Gasteiger partial charge in [-0.05, 0) is 0 Å². The van der Waals surface area contributed by atoms with Crippen LogP contribution in [-0.2, 0) is 52.0 Å². The van der Waals surface area contributed by atoms with Gasteiger partial charge < -0.3 is 0 Å². The van der Waals surface area contributed by atoms with E-state index in [1.165, 1.54) is 0 Å². The van der Waals surface area contributed by atoms with Crippen molar-refractivity contribution in [1.82, 2.24) is 0 Å². The molecule has 0 nitrogen and oxygen atoms in total. The summed E-state index contributed by atoms with van der Waals surface area (Å²) in [6.45, 7) is 0. The summed E-state index contributed by atoms with van der Waals surface area (Å²) in [4.78, 5) is 0. The van der Waals surface area contributed by atoms with Gasteiger partial charge in [-0.2, -0.15) is 0 Å². The molecular weight excluding hydrogens is 616 g/mol. The molecule has 0 aliphatic rings. The minimum atomic E-state index is 0. The van der Waals surface area contributed by atoms with E-state index in [1.54, 1.807) is 0 Å². The summed E-state index contributed by atoms with van der Waals surface area (Å²) in [7, 11) is 0. The fraction of sp³-hybridized carbons (Fsp3) is 0. The maximum Gasteiger partial charge on any atom is 0 e. The normalized spacial score (nSPS) is 0. The van der Waals surface area contributed by atoms with E-state index in [0.29, 0.717) is 0 Å². The van der Waals surface area contributed by atoms with Gasteiger partial charge >= 0.3 is 27.3 Å². The van der Waals surface area contributed by atoms with Crippen LogP contribution in [0.5, 0.6) is 0 Å². The Kier molecular flexibility index (Phi) is 98.0. The first-order valence-electron chi connectivity index (χ1n) is 0. The van der Waals surface area contributed by atoms with E-state index in [-0.39, 0.29) is 115 Å². The van der Waals surface area contributed by atoms with Gasteiger partial charge in [0.2, 0.25) is 0 Å². The van der Waals surface area contributed by atoms with Crippen molar-refractivity contribution in [1.29, 1.82) is 0 Å². The standard InChI is InChI=1S/Hf.La.Pb.Zr.2H. The molecule has 0 bridgehead atoms. The number of hydrogen-bond acceptors (Lipinski definition) is 0. The first-order valence-corrected chi connectivity index (χ1v) is 0. The molecule has 0 N–H and O–H groups in total. The molecule has 0 spiro atoms. The molecule has 0 aromatic rings. The minimum Gasteiger partial charge on any atom is 0 e. The fourth-order valence-corrected chi connectivity index (χ4v) is 0. The van der Waals surface area contributed by atoms with Crippen molar-refractivity contribution in [2.45, 2.75) is 0 Å². The van der Waals surface area contributed by atoms with E-state index in [9.17, 15) is 0 Å². The van der Waals surface area contributed by atoms with Crippen LogP contribution in [0.2, 0.25) is 0 Å². The predicted molar refractivity (Wildman–Crippen MR) is 8.54 cm³/mol. The van der Waals surface area contributed by atoms with Crippen molar-refractivity contribution in [3.63, 3.8) is 0 Å². The first-order chi connectivity index (χ1) is 0. The molecular formula is H2HfLaPbZr. The molecule has 3 radical (unpaired) electrons. The molecule has 0 unspecified atom stereocenters.